The quantitative estimate of drug-likeness (QED) is 0.832. The van der Waals surface area contributed by atoms with Gasteiger partial charge in [-0.1, -0.05) is 40.3 Å². The van der Waals surface area contributed by atoms with E-state index < -0.39 is 0 Å². The highest BCUT2D eigenvalue weighted by Crippen LogP contribution is 2.26. The van der Waals surface area contributed by atoms with Crippen molar-refractivity contribution in [2.45, 2.75) is 31.3 Å². The Morgan fingerprint density at radius 1 is 1.27 bits per heavy atom. The third-order valence-electron chi connectivity index (χ3n) is 2.86. The van der Waals surface area contributed by atoms with Crippen molar-refractivity contribution >= 4 is 33.5 Å². The highest BCUT2D eigenvalue weighted by Gasteiger charge is 2.20. The summed E-state index contributed by atoms with van der Waals surface area (Å²) in [7, 11) is 0. The third-order valence-corrected chi connectivity index (χ3v) is 3.72. The van der Waals surface area contributed by atoms with Crippen molar-refractivity contribution in [2.24, 2.45) is 0 Å². The summed E-state index contributed by atoms with van der Waals surface area (Å²) in [5.74, 6) is 0. The lowest BCUT2D eigenvalue weighted by Crippen LogP contribution is -2.37. The molecule has 1 aliphatic heterocycles. The summed E-state index contributed by atoms with van der Waals surface area (Å²) in [6.45, 7) is 0. The fourth-order valence-electron chi connectivity index (χ4n) is 2.03. The minimum Gasteiger partial charge on any atom is -0.303 e. The van der Waals surface area contributed by atoms with Crippen LogP contribution in [0.4, 0.5) is 0 Å². The second-order valence-electron chi connectivity index (χ2n) is 3.94. The van der Waals surface area contributed by atoms with Gasteiger partial charge in [-0.05, 0) is 42.3 Å². The standard InChI is InChI=1S/C12H14BrNS/c13-10-6-4-9(5-7-10)12-3-1-2-11(8-15)14-12/h4-8,11-12,14H,1-3H2. The van der Waals surface area contributed by atoms with E-state index in [2.05, 4.69) is 45.5 Å². The minimum atomic E-state index is 0.405. The van der Waals surface area contributed by atoms with Crippen LogP contribution in [0.15, 0.2) is 28.7 Å². The molecule has 0 aliphatic carbocycles. The van der Waals surface area contributed by atoms with Crippen LogP contribution in [0.3, 0.4) is 0 Å². The summed E-state index contributed by atoms with van der Waals surface area (Å²) in [6.07, 6.45) is 3.64. The topological polar surface area (TPSA) is 12.0 Å². The van der Waals surface area contributed by atoms with Gasteiger partial charge in [-0.25, -0.2) is 0 Å². The van der Waals surface area contributed by atoms with E-state index in [9.17, 15) is 0 Å². The molecule has 1 aromatic carbocycles. The van der Waals surface area contributed by atoms with Crippen LogP contribution in [0.25, 0.3) is 0 Å². The number of halogens is 1. The number of hydrogen-bond donors (Lipinski definition) is 1. The minimum absolute atomic E-state index is 0.405. The Balaban J connectivity index is 2.09. The highest BCUT2D eigenvalue weighted by molar-refractivity contribution is 9.10. The largest absolute Gasteiger partial charge is 0.303 e. The maximum Gasteiger partial charge on any atom is 0.0358 e. The van der Waals surface area contributed by atoms with Crippen molar-refractivity contribution in [3.63, 3.8) is 0 Å². The van der Waals surface area contributed by atoms with E-state index in [-0.39, 0.29) is 0 Å². The van der Waals surface area contributed by atoms with Gasteiger partial charge in [0.15, 0.2) is 0 Å². The summed E-state index contributed by atoms with van der Waals surface area (Å²) in [4.78, 5) is 0. The van der Waals surface area contributed by atoms with Gasteiger partial charge in [0.1, 0.15) is 0 Å². The molecule has 1 aliphatic rings. The summed E-state index contributed by atoms with van der Waals surface area (Å²) in [6, 6.07) is 9.41. The summed E-state index contributed by atoms with van der Waals surface area (Å²) >= 11 is 8.45. The Kier molecular flexibility index (Phi) is 3.89. The number of nitrogens with one attached hydrogen (secondary N) is 1. The van der Waals surface area contributed by atoms with E-state index in [0.717, 1.165) is 4.47 Å². The van der Waals surface area contributed by atoms with E-state index in [1.165, 1.54) is 24.8 Å². The molecule has 2 rings (SSSR count). The first-order chi connectivity index (χ1) is 7.29. The molecule has 1 saturated heterocycles. The number of benzene rings is 1. The van der Waals surface area contributed by atoms with Gasteiger partial charge in [0, 0.05) is 16.6 Å². The number of hydrogen-bond acceptors (Lipinski definition) is 2. The normalized spacial score (nSPS) is 26.2. The Morgan fingerprint density at radius 2 is 2.00 bits per heavy atom. The average molecular weight is 284 g/mol. The van der Waals surface area contributed by atoms with Crippen LogP contribution in [-0.2, 0) is 0 Å². The molecular formula is C12H14BrNS. The molecule has 1 N–H and O–H groups in total. The molecule has 0 bridgehead atoms. The lowest BCUT2D eigenvalue weighted by Gasteiger charge is -2.29. The smallest absolute Gasteiger partial charge is 0.0358 e. The number of piperidine rings is 1. The van der Waals surface area contributed by atoms with Gasteiger partial charge < -0.3 is 5.32 Å². The summed E-state index contributed by atoms with van der Waals surface area (Å²) < 4.78 is 1.13. The van der Waals surface area contributed by atoms with Crippen molar-refractivity contribution in [1.29, 1.82) is 0 Å². The molecule has 0 aromatic heterocycles. The number of thiocarbonyl (C=S) groups is 1. The SMILES string of the molecule is S=CC1CCCC(c2ccc(Br)cc2)N1. The summed E-state index contributed by atoms with van der Waals surface area (Å²) in [5, 5.41) is 5.42. The molecule has 0 saturated carbocycles. The molecule has 15 heavy (non-hydrogen) atoms. The van der Waals surface area contributed by atoms with Gasteiger partial charge in [-0.3, -0.25) is 0 Å². The summed E-state index contributed by atoms with van der Waals surface area (Å²) in [5.41, 5.74) is 1.36. The molecule has 1 heterocycles. The fraction of sp³-hybridized carbons (Fsp3) is 0.417. The van der Waals surface area contributed by atoms with Crippen molar-refractivity contribution < 1.29 is 0 Å². The van der Waals surface area contributed by atoms with Crippen molar-refractivity contribution in [2.75, 3.05) is 0 Å². The van der Waals surface area contributed by atoms with Gasteiger partial charge in [0.25, 0.3) is 0 Å². The lowest BCUT2D eigenvalue weighted by molar-refractivity contribution is 0.381. The predicted molar refractivity (Wildman–Crippen MR) is 71.3 cm³/mol. The van der Waals surface area contributed by atoms with E-state index >= 15 is 0 Å². The second-order valence-corrected chi connectivity index (χ2v) is 5.13. The predicted octanol–water partition coefficient (Wildman–Crippen LogP) is 3.63. The lowest BCUT2D eigenvalue weighted by atomic mass is 9.94. The Hall–Kier alpha value is -0.250. The van der Waals surface area contributed by atoms with Crippen molar-refractivity contribution in [1.82, 2.24) is 5.32 Å². The van der Waals surface area contributed by atoms with Crippen LogP contribution < -0.4 is 5.32 Å². The Labute approximate surface area is 104 Å². The van der Waals surface area contributed by atoms with Crippen molar-refractivity contribution in [3.05, 3.63) is 34.3 Å². The molecule has 0 radical (unpaired) electrons. The molecule has 1 aromatic rings. The molecule has 80 valence electrons. The molecule has 2 unspecified atom stereocenters. The zero-order chi connectivity index (χ0) is 10.7. The van der Waals surface area contributed by atoms with Gasteiger partial charge in [-0.15, -0.1) is 0 Å². The van der Waals surface area contributed by atoms with E-state index in [1.807, 2.05) is 5.37 Å². The Bertz CT molecular complexity index is 336. The van der Waals surface area contributed by atoms with Crippen molar-refractivity contribution in [3.8, 4) is 0 Å². The fourth-order valence-corrected chi connectivity index (χ4v) is 2.51. The monoisotopic (exact) mass is 283 g/mol. The maximum atomic E-state index is 5.00. The molecule has 1 nitrogen and oxygen atoms in total. The van der Waals surface area contributed by atoms with Crippen LogP contribution >= 0.6 is 28.1 Å². The molecule has 0 spiro atoms. The first-order valence-electron chi connectivity index (χ1n) is 5.26. The first kappa shape index (κ1) is 11.2. The maximum absolute atomic E-state index is 5.00. The van der Waals surface area contributed by atoms with Crippen LogP contribution in [0.5, 0.6) is 0 Å². The van der Waals surface area contributed by atoms with Gasteiger partial charge in [0.2, 0.25) is 0 Å². The van der Waals surface area contributed by atoms with E-state index in [0.29, 0.717) is 12.1 Å². The zero-order valence-electron chi connectivity index (χ0n) is 8.45. The molecule has 0 amide bonds. The van der Waals surface area contributed by atoms with E-state index in [1.54, 1.807) is 0 Å². The van der Waals surface area contributed by atoms with Gasteiger partial charge >= 0.3 is 0 Å². The van der Waals surface area contributed by atoms with E-state index in [4.69, 9.17) is 12.2 Å². The first-order valence-corrected chi connectivity index (χ1v) is 6.53. The molecule has 2 atom stereocenters. The second kappa shape index (κ2) is 5.19. The molecule has 1 fully saturated rings. The van der Waals surface area contributed by atoms with Crippen LogP contribution in [0.2, 0.25) is 0 Å². The average Bonchev–Trinajstić information content (AvgIpc) is 2.30. The molecular weight excluding hydrogens is 270 g/mol. The van der Waals surface area contributed by atoms with Crippen LogP contribution in [-0.4, -0.2) is 11.4 Å². The van der Waals surface area contributed by atoms with Crippen LogP contribution in [0.1, 0.15) is 30.9 Å². The highest BCUT2D eigenvalue weighted by atomic mass is 79.9. The van der Waals surface area contributed by atoms with Gasteiger partial charge in [-0.2, -0.15) is 0 Å². The zero-order valence-corrected chi connectivity index (χ0v) is 10.9. The van der Waals surface area contributed by atoms with Crippen LogP contribution in [0, 0.1) is 0 Å². The molecule has 3 heteroatoms. The third kappa shape index (κ3) is 2.86. The Morgan fingerprint density at radius 3 is 2.67 bits per heavy atom. The van der Waals surface area contributed by atoms with Gasteiger partial charge in [0.05, 0.1) is 0 Å². The number of rotatable bonds is 2.